The van der Waals surface area contributed by atoms with Crippen molar-refractivity contribution in [2.45, 2.75) is 77.5 Å². The molecule has 7 nitrogen and oxygen atoms in total. The predicted molar refractivity (Wildman–Crippen MR) is 112 cm³/mol. The lowest BCUT2D eigenvalue weighted by atomic mass is 9.64. The second-order valence-electron chi connectivity index (χ2n) is 9.81. The van der Waals surface area contributed by atoms with Gasteiger partial charge in [-0.05, 0) is 58.3 Å². The van der Waals surface area contributed by atoms with Crippen molar-refractivity contribution in [1.82, 2.24) is 14.7 Å². The molecule has 1 aliphatic carbocycles. The number of methoxy groups -OCH3 is 1. The van der Waals surface area contributed by atoms with Gasteiger partial charge in [0, 0.05) is 58.8 Å². The third-order valence-electron chi connectivity index (χ3n) is 7.27. The van der Waals surface area contributed by atoms with Gasteiger partial charge >= 0.3 is 6.09 Å². The Morgan fingerprint density at radius 1 is 1.17 bits per heavy atom. The second-order valence-corrected chi connectivity index (χ2v) is 9.81. The van der Waals surface area contributed by atoms with Crippen LogP contribution in [0.25, 0.3) is 0 Å². The maximum atomic E-state index is 12.2. The van der Waals surface area contributed by atoms with Gasteiger partial charge in [0.1, 0.15) is 0 Å². The van der Waals surface area contributed by atoms with E-state index in [9.17, 15) is 9.59 Å². The van der Waals surface area contributed by atoms with Crippen LogP contribution in [0, 0.1) is 5.41 Å². The van der Waals surface area contributed by atoms with Crippen LogP contribution in [0.2, 0.25) is 0 Å². The van der Waals surface area contributed by atoms with Gasteiger partial charge < -0.3 is 24.2 Å². The summed E-state index contributed by atoms with van der Waals surface area (Å²) >= 11 is 0. The van der Waals surface area contributed by atoms with Crippen molar-refractivity contribution in [2.75, 3.05) is 46.4 Å². The van der Waals surface area contributed by atoms with E-state index in [1.807, 2.05) is 30.6 Å². The van der Waals surface area contributed by atoms with Crippen molar-refractivity contribution in [3.05, 3.63) is 0 Å². The van der Waals surface area contributed by atoms with Crippen molar-refractivity contribution in [1.29, 1.82) is 0 Å². The maximum absolute atomic E-state index is 12.2. The summed E-state index contributed by atoms with van der Waals surface area (Å²) in [5.41, 5.74) is -0.0153. The summed E-state index contributed by atoms with van der Waals surface area (Å²) in [5, 5.41) is 0. The smallest absolute Gasteiger partial charge is 0.409 e. The normalized spacial score (nSPS) is 28.4. The minimum Gasteiger partial charge on any atom is -0.450 e. The van der Waals surface area contributed by atoms with E-state index in [1.54, 1.807) is 14.0 Å². The number of piperidine rings is 1. The third-order valence-corrected chi connectivity index (χ3v) is 7.27. The van der Waals surface area contributed by atoms with E-state index < -0.39 is 0 Å². The zero-order valence-electron chi connectivity index (χ0n) is 18.9. The Kier molecular flexibility index (Phi) is 6.78. The molecular weight excluding hydrogens is 370 g/mol. The highest BCUT2D eigenvalue weighted by molar-refractivity contribution is 5.73. The zero-order valence-corrected chi connectivity index (χ0v) is 18.9. The second kappa shape index (κ2) is 8.80. The van der Waals surface area contributed by atoms with Crippen molar-refractivity contribution in [3.8, 4) is 0 Å². The highest BCUT2D eigenvalue weighted by Gasteiger charge is 2.51. The SMILES string of the molecule is CCOC(=O)N1CCC2(CC(N3CCC(N(CC(C)(C)OC)C(C)=O)CC3)C2)C1. The first-order valence-corrected chi connectivity index (χ1v) is 11.2. The summed E-state index contributed by atoms with van der Waals surface area (Å²) in [5.74, 6) is 0.140. The monoisotopic (exact) mass is 409 g/mol. The van der Waals surface area contributed by atoms with Crippen LogP contribution in [0.1, 0.15) is 59.8 Å². The highest BCUT2D eigenvalue weighted by Crippen LogP contribution is 2.50. The van der Waals surface area contributed by atoms with Gasteiger partial charge in [-0.3, -0.25) is 4.79 Å². The molecule has 2 saturated heterocycles. The number of carbonyl (C=O) groups is 2. The Labute approximate surface area is 175 Å². The molecule has 0 N–H and O–H groups in total. The lowest BCUT2D eigenvalue weighted by Gasteiger charge is -2.52. The number of hydrogen-bond donors (Lipinski definition) is 0. The first-order valence-electron chi connectivity index (χ1n) is 11.2. The van der Waals surface area contributed by atoms with Gasteiger partial charge in [0.05, 0.1) is 12.2 Å². The van der Waals surface area contributed by atoms with Gasteiger partial charge in [0.15, 0.2) is 0 Å². The van der Waals surface area contributed by atoms with Crippen LogP contribution in [0.3, 0.4) is 0 Å². The fourth-order valence-corrected chi connectivity index (χ4v) is 5.37. The van der Waals surface area contributed by atoms with E-state index in [0.29, 0.717) is 30.7 Å². The Hall–Kier alpha value is -1.34. The highest BCUT2D eigenvalue weighted by atomic mass is 16.6. The summed E-state index contributed by atoms with van der Waals surface area (Å²) in [6.45, 7) is 12.5. The molecule has 0 atom stereocenters. The molecule has 166 valence electrons. The van der Waals surface area contributed by atoms with Crippen LogP contribution in [-0.2, 0) is 14.3 Å². The van der Waals surface area contributed by atoms with Crippen LogP contribution in [0.4, 0.5) is 4.79 Å². The average Bonchev–Trinajstić information content (AvgIpc) is 3.11. The van der Waals surface area contributed by atoms with Gasteiger partial charge in [0.25, 0.3) is 0 Å². The van der Waals surface area contributed by atoms with Gasteiger partial charge in [0.2, 0.25) is 5.91 Å². The Morgan fingerprint density at radius 2 is 1.83 bits per heavy atom. The summed E-state index contributed by atoms with van der Waals surface area (Å²) in [6.07, 6.45) is 5.36. The molecule has 0 bridgehead atoms. The molecule has 1 saturated carbocycles. The largest absolute Gasteiger partial charge is 0.450 e. The lowest BCUT2D eigenvalue weighted by Crippen LogP contribution is -2.57. The molecule has 29 heavy (non-hydrogen) atoms. The average molecular weight is 410 g/mol. The lowest BCUT2D eigenvalue weighted by molar-refractivity contribution is -0.137. The van der Waals surface area contributed by atoms with Crippen molar-refractivity contribution in [2.24, 2.45) is 5.41 Å². The first-order chi connectivity index (χ1) is 13.7. The van der Waals surface area contributed by atoms with Gasteiger partial charge in [-0.1, -0.05) is 0 Å². The Balaban J connectivity index is 1.46. The number of likely N-dealkylation sites (tertiary alicyclic amines) is 2. The van der Waals surface area contributed by atoms with Gasteiger partial charge in [-0.25, -0.2) is 4.79 Å². The minimum atomic E-state index is -0.323. The van der Waals surface area contributed by atoms with E-state index in [0.717, 1.165) is 45.4 Å². The number of hydrogen-bond acceptors (Lipinski definition) is 5. The summed E-state index contributed by atoms with van der Waals surface area (Å²) in [7, 11) is 1.71. The quantitative estimate of drug-likeness (QED) is 0.675. The molecular formula is C22H39N3O4. The fraction of sp³-hybridized carbons (Fsp3) is 0.909. The van der Waals surface area contributed by atoms with Gasteiger partial charge in [-0.15, -0.1) is 0 Å². The van der Waals surface area contributed by atoms with Crippen LogP contribution in [-0.4, -0.2) is 90.8 Å². The molecule has 7 heteroatoms. The number of ether oxygens (including phenoxy) is 2. The Morgan fingerprint density at radius 3 is 2.38 bits per heavy atom. The topological polar surface area (TPSA) is 62.3 Å². The fourth-order valence-electron chi connectivity index (χ4n) is 5.37. The number of carbonyl (C=O) groups excluding carboxylic acids is 2. The van der Waals surface area contributed by atoms with E-state index in [2.05, 4.69) is 4.90 Å². The Bertz CT molecular complexity index is 595. The molecule has 1 spiro atoms. The standard InChI is InChI=1S/C22H39N3O4/c1-6-29-20(27)24-12-9-22(16-24)13-19(14-22)23-10-7-18(8-11-23)25(17(2)26)15-21(3,4)28-5/h18-19H,6-16H2,1-5H3. The third kappa shape index (κ3) is 5.05. The zero-order chi connectivity index (χ0) is 21.2. The van der Waals surface area contributed by atoms with Gasteiger partial charge in [-0.2, -0.15) is 0 Å². The molecule has 0 radical (unpaired) electrons. The maximum Gasteiger partial charge on any atom is 0.409 e. The van der Waals surface area contributed by atoms with Crippen LogP contribution >= 0.6 is 0 Å². The van der Waals surface area contributed by atoms with Crippen LogP contribution in [0.15, 0.2) is 0 Å². The van der Waals surface area contributed by atoms with Crippen LogP contribution < -0.4 is 0 Å². The molecule has 2 amide bonds. The van der Waals surface area contributed by atoms with E-state index in [4.69, 9.17) is 9.47 Å². The minimum absolute atomic E-state index is 0.140. The summed E-state index contributed by atoms with van der Waals surface area (Å²) < 4.78 is 10.7. The summed E-state index contributed by atoms with van der Waals surface area (Å²) in [4.78, 5) is 30.7. The predicted octanol–water partition coefficient (Wildman–Crippen LogP) is 2.74. The molecule has 0 aromatic carbocycles. The first kappa shape index (κ1) is 22.3. The van der Waals surface area contributed by atoms with Crippen molar-refractivity contribution in [3.63, 3.8) is 0 Å². The number of nitrogens with zero attached hydrogens (tertiary/aromatic N) is 3. The molecule has 3 fully saturated rings. The number of amides is 2. The molecule has 2 heterocycles. The molecule has 0 aromatic heterocycles. The molecule has 2 aliphatic heterocycles. The van der Waals surface area contributed by atoms with E-state index >= 15 is 0 Å². The molecule has 0 aromatic rings. The molecule has 0 unspecified atom stereocenters. The van der Waals surface area contributed by atoms with Crippen LogP contribution in [0.5, 0.6) is 0 Å². The number of rotatable bonds is 6. The van der Waals surface area contributed by atoms with E-state index in [1.165, 1.54) is 12.8 Å². The van der Waals surface area contributed by atoms with E-state index in [-0.39, 0.29) is 17.6 Å². The van der Waals surface area contributed by atoms with Crippen molar-refractivity contribution >= 4 is 12.0 Å². The molecule has 3 rings (SSSR count). The summed E-state index contributed by atoms with van der Waals surface area (Å²) in [6, 6.07) is 0.928. The van der Waals surface area contributed by atoms with Crippen molar-refractivity contribution < 1.29 is 19.1 Å². The molecule has 3 aliphatic rings.